The summed E-state index contributed by atoms with van der Waals surface area (Å²) in [5.41, 5.74) is 0.382. The van der Waals surface area contributed by atoms with E-state index in [1.54, 1.807) is 12.2 Å². The Balaban J connectivity index is 4.79. The van der Waals surface area contributed by atoms with Gasteiger partial charge in [0.05, 0.1) is 0 Å². The summed E-state index contributed by atoms with van der Waals surface area (Å²) in [6.07, 6.45) is 4.96. The van der Waals surface area contributed by atoms with Crippen molar-refractivity contribution in [2.45, 2.75) is 34.6 Å². The molecule has 80 valence electrons. The molecule has 0 heterocycles. The Labute approximate surface area is 87.2 Å². The maximum absolute atomic E-state index is 13.5. The third-order valence-electron chi connectivity index (χ3n) is 2.94. The van der Waals surface area contributed by atoms with Crippen molar-refractivity contribution < 1.29 is 4.39 Å². The lowest BCUT2D eigenvalue weighted by Gasteiger charge is -2.30. The average Bonchev–Trinajstić information content (AvgIpc) is 2.12. The van der Waals surface area contributed by atoms with Gasteiger partial charge < -0.3 is 0 Å². The van der Waals surface area contributed by atoms with Crippen molar-refractivity contribution in [1.29, 1.82) is 0 Å². The summed E-state index contributed by atoms with van der Waals surface area (Å²) in [7, 11) is 0. The summed E-state index contributed by atoms with van der Waals surface area (Å²) >= 11 is 0. The Hall–Kier alpha value is -0.850. The summed E-state index contributed by atoms with van der Waals surface area (Å²) in [4.78, 5) is 0. The van der Waals surface area contributed by atoms with Gasteiger partial charge in [-0.05, 0) is 29.9 Å². The van der Waals surface area contributed by atoms with Gasteiger partial charge in [-0.1, -0.05) is 46.4 Å². The third kappa shape index (κ3) is 3.13. The standard InChI is InChI=1S/C13H21F/c1-7-8-9-12(14)11(4)13(5,6)10(2)3/h7-10H,4H2,1-3,5-6H3/b8-7-,12-9+. The van der Waals surface area contributed by atoms with Crippen molar-refractivity contribution in [3.05, 3.63) is 36.2 Å². The highest BCUT2D eigenvalue weighted by atomic mass is 19.1. The maximum Gasteiger partial charge on any atom is 0.126 e. The molecule has 0 aromatic carbocycles. The zero-order valence-corrected chi connectivity index (χ0v) is 9.89. The zero-order valence-electron chi connectivity index (χ0n) is 9.89. The molecule has 14 heavy (non-hydrogen) atoms. The Morgan fingerprint density at radius 3 is 2.21 bits per heavy atom. The fourth-order valence-electron chi connectivity index (χ4n) is 0.938. The Morgan fingerprint density at radius 1 is 1.36 bits per heavy atom. The highest BCUT2D eigenvalue weighted by Gasteiger charge is 2.27. The van der Waals surface area contributed by atoms with Gasteiger partial charge in [-0.2, -0.15) is 0 Å². The van der Waals surface area contributed by atoms with Crippen LogP contribution in [0.3, 0.4) is 0 Å². The van der Waals surface area contributed by atoms with Gasteiger partial charge >= 0.3 is 0 Å². The molecule has 0 aliphatic carbocycles. The molecule has 0 saturated heterocycles. The Bertz CT molecular complexity index is 254. The molecule has 0 aromatic heterocycles. The van der Waals surface area contributed by atoms with Crippen molar-refractivity contribution >= 4 is 0 Å². The fourth-order valence-corrected chi connectivity index (χ4v) is 0.938. The van der Waals surface area contributed by atoms with Crippen LogP contribution in [0.4, 0.5) is 4.39 Å². The van der Waals surface area contributed by atoms with E-state index in [4.69, 9.17) is 0 Å². The monoisotopic (exact) mass is 196 g/mol. The van der Waals surface area contributed by atoms with Crippen molar-refractivity contribution in [2.24, 2.45) is 11.3 Å². The van der Waals surface area contributed by atoms with E-state index in [0.717, 1.165) is 0 Å². The molecule has 0 atom stereocenters. The Kier molecular flexibility index (Phi) is 4.82. The number of rotatable bonds is 4. The molecule has 0 unspecified atom stereocenters. The first kappa shape index (κ1) is 13.2. The summed E-state index contributed by atoms with van der Waals surface area (Å²) in [6, 6.07) is 0. The molecule has 0 radical (unpaired) electrons. The highest BCUT2D eigenvalue weighted by molar-refractivity contribution is 5.31. The molecule has 0 aliphatic heterocycles. The maximum atomic E-state index is 13.5. The van der Waals surface area contributed by atoms with Crippen LogP contribution in [-0.2, 0) is 0 Å². The van der Waals surface area contributed by atoms with Gasteiger partial charge in [-0.3, -0.25) is 0 Å². The van der Waals surface area contributed by atoms with E-state index < -0.39 is 0 Å². The van der Waals surface area contributed by atoms with Crippen LogP contribution in [0.25, 0.3) is 0 Å². The predicted molar refractivity (Wildman–Crippen MR) is 61.8 cm³/mol. The van der Waals surface area contributed by atoms with Gasteiger partial charge in [0.1, 0.15) is 5.83 Å². The molecule has 1 heteroatoms. The molecule has 0 N–H and O–H groups in total. The molecular weight excluding hydrogens is 175 g/mol. The van der Waals surface area contributed by atoms with Crippen LogP contribution in [0.2, 0.25) is 0 Å². The highest BCUT2D eigenvalue weighted by Crippen LogP contribution is 2.37. The minimum atomic E-state index is -0.221. The van der Waals surface area contributed by atoms with Crippen molar-refractivity contribution in [3.8, 4) is 0 Å². The first-order valence-electron chi connectivity index (χ1n) is 5.02. The van der Waals surface area contributed by atoms with Crippen LogP contribution < -0.4 is 0 Å². The lowest BCUT2D eigenvalue weighted by molar-refractivity contribution is 0.305. The first-order valence-corrected chi connectivity index (χ1v) is 5.02. The van der Waals surface area contributed by atoms with Crippen molar-refractivity contribution in [2.75, 3.05) is 0 Å². The Morgan fingerprint density at radius 2 is 1.86 bits per heavy atom. The zero-order chi connectivity index (χ0) is 11.4. The quantitative estimate of drug-likeness (QED) is 0.574. The molecule has 0 fully saturated rings. The molecule has 0 aliphatic rings. The van der Waals surface area contributed by atoms with E-state index in [0.29, 0.717) is 11.5 Å². The van der Waals surface area contributed by atoms with E-state index in [2.05, 4.69) is 20.4 Å². The van der Waals surface area contributed by atoms with Gasteiger partial charge in [0, 0.05) is 0 Å². The number of allylic oxidation sites excluding steroid dienone is 5. The van der Waals surface area contributed by atoms with Crippen LogP contribution in [0.1, 0.15) is 34.6 Å². The summed E-state index contributed by atoms with van der Waals surface area (Å²) in [6.45, 7) is 13.9. The minimum absolute atomic E-state index is 0.192. The first-order chi connectivity index (χ1) is 6.34. The van der Waals surface area contributed by atoms with Crippen molar-refractivity contribution in [1.82, 2.24) is 0 Å². The van der Waals surface area contributed by atoms with Crippen LogP contribution in [0, 0.1) is 11.3 Å². The van der Waals surface area contributed by atoms with Crippen LogP contribution >= 0.6 is 0 Å². The van der Waals surface area contributed by atoms with Gasteiger partial charge in [0.2, 0.25) is 0 Å². The average molecular weight is 196 g/mol. The second-order valence-electron chi connectivity index (χ2n) is 4.40. The van der Waals surface area contributed by atoms with Crippen LogP contribution in [0.5, 0.6) is 0 Å². The summed E-state index contributed by atoms with van der Waals surface area (Å²) in [5, 5.41) is 0. The van der Waals surface area contributed by atoms with Gasteiger partial charge in [0.25, 0.3) is 0 Å². The van der Waals surface area contributed by atoms with E-state index >= 15 is 0 Å². The molecule has 0 bridgehead atoms. The molecule has 0 nitrogen and oxygen atoms in total. The van der Waals surface area contributed by atoms with Gasteiger partial charge in [0.15, 0.2) is 0 Å². The topological polar surface area (TPSA) is 0 Å². The third-order valence-corrected chi connectivity index (χ3v) is 2.94. The van der Waals surface area contributed by atoms with Crippen LogP contribution in [0.15, 0.2) is 36.2 Å². The smallest absolute Gasteiger partial charge is 0.126 e. The lowest BCUT2D eigenvalue weighted by Crippen LogP contribution is -2.21. The van der Waals surface area contributed by atoms with Gasteiger partial charge in [-0.25, -0.2) is 4.39 Å². The number of hydrogen-bond acceptors (Lipinski definition) is 0. The molecule has 0 amide bonds. The molecule has 0 saturated carbocycles. The molecule has 0 spiro atoms. The predicted octanol–water partition coefficient (Wildman–Crippen LogP) is 4.65. The molecule has 0 rings (SSSR count). The summed E-state index contributed by atoms with van der Waals surface area (Å²) in [5.74, 6) is 0.154. The van der Waals surface area contributed by atoms with Gasteiger partial charge in [-0.15, -0.1) is 0 Å². The number of halogens is 1. The second kappa shape index (κ2) is 5.14. The SMILES string of the molecule is C=C(/C(F)=C\C=C/C)C(C)(C)C(C)C. The normalized spacial score (nSPS) is 14.1. The molecular formula is C13H21F. The minimum Gasteiger partial charge on any atom is -0.207 e. The van der Waals surface area contributed by atoms with Crippen molar-refractivity contribution in [3.63, 3.8) is 0 Å². The largest absolute Gasteiger partial charge is 0.207 e. The lowest BCUT2D eigenvalue weighted by atomic mass is 9.75. The fraction of sp³-hybridized carbons (Fsp3) is 0.538. The molecule has 0 aromatic rings. The number of hydrogen-bond donors (Lipinski definition) is 0. The second-order valence-corrected chi connectivity index (χ2v) is 4.40. The van der Waals surface area contributed by atoms with E-state index in [9.17, 15) is 4.39 Å². The summed E-state index contributed by atoms with van der Waals surface area (Å²) < 4.78 is 13.5. The van der Waals surface area contributed by atoms with E-state index in [1.165, 1.54) is 6.08 Å². The van der Waals surface area contributed by atoms with Crippen LogP contribution in [-0.4, -0.2) is 0 Å². The van der Waals surface area contributed by atoms with E-state index in [-0.39, 0.29) is 11.2 Å². The van der Waals surface area contributed by atoms with E-state index in [1.807, 2.05) is 20.8 Å².